The highest BCUT2D eigenvalue weighted by molar-refractivity contribution is 6.34. The van der Waals surface area contributed by atoms with E-state index in [9.17, 15) is 14.3 Å². The fourth-order valence-corrected chi connectivity index (χ4v) is 3.78. The largest absolute Gasteiger partial charge is 0.374 e. The Labute approximate surface area is 173 Å². The van der Waals surface area contributed by atoms with E-state index in [2.05, 4.69) is 20.6 Å². The number of nitrogens with one attached hydrogen (secondary N) is 3. The number of aliphatic hydroxyl groups is 1. The summed E-state index contributed by atoms with van der Waals surface area (Å²) in [4.78, 5) is 19.9. The number of hydrogen-bond donors (Lipinski definition) is 4. The molecule has 4 rings (SSSR count). The Kier molecular flexibility index (Phi) is 5.48. The van der Waals surface area contributed by atoms with E-state index >= 15 is 0 Å². The molecule has 0 bridgehead atoms. The lowest BCUT2D eigenvalue weighted by Gasteiger charge is -2.14. The van der Waals surface area contributed by atoms with Crippen LogP contribution in [-0.2, 0) is 11.2 Å². The second kappa shape index (κ2) is 8.22. The van der Waals surface area contributed by atoms with E-state index in [1.807, 2.05) is 32.0 Å². The van der Waals surface area contributed by atoms with E-state index in [4.69, 9.17) is 0 Å². The van der Waals surface area contributed by atoms with Crippen molar-refractivity contribution in [3.63, 3.8) is 0 Å². The summed E-state index contributed by atoms with van der Waals surface area (Å²) in [6.07, 6.45) is 3.28. The maximum absolute atomic E-state index is 13.7. The Bertz CT molecular complexity index is 1120. The zero-order valence-corrected chi connectivity index (χ0v) is 16.8. The topological polar surface area (TPSA) is 90.0 Å². The van der Waals surface area contributed by atoms with Crippen molar-refractivity contribution in [2.24, 2.45) is 0 Å². The molecule has 4 N–H and O–H groups in total. The number of nitrogens with zero attached hydrogens (tertiary/aromatic N) is 1. The van der Waals surface area contributed by atoms with Crippen LogP contribution in [0, 0.1) is 19.7 Å². The first kappa shape index (κ1) is 20.0. The van der Waals surface area contributed by atoms with Gasteiger partial charge < -0.3 is 15.4 Å². The van der Waals surface area contributed by atoms with Gasteiger partial charge in [-0.25, -0.2) is 4.39 Å². The predicted molar refractivity (Wildman–Crippen MR) is 114 cm³/mol. The molecule has 0 aliphatic carbocycles. The molecule has 1 aliphatic rings. The van der Waals surface area contributed by atoms with Crippen molar-refractivity contribution in [3.05, 3.63) is 82.2 Å². The number of aryl methyl sites for hydroxylation is 1. The molecule has 6 nitrogen and oxygen atoms in total. The molecule has 3 aromatic rings. The van der Waals surface area contributed by atoms with Gasteiger partial charge in [-0.3, -0.25) is 15.1 Å². The minimum Gasteiger partial charge on any atom is -0.374 e. The van der Waals surface area contributed by atoms with Crippen LogP contribution in [0.15, 0.2) is 42.6 Å². The maximum atomic E-state index is 13.7. The Morgan fingerprint density at radius 2 is 2.10 bits per heavy atom. The summed E-state index contributed by atoms with van der Waals surface area (Å²) in [7, 11) is 0. The van der Waals surface area contributed by atoms with Gasteiger partial charge in [-0.15, -0.1) is 0 Å². The number of fused-ring (bicyclic) bond motifs is 1. The summed E-state index contributed by atoms with van der Waals surface area (Å²) in [6, 6.07) is 9.96. The maximum Gasteiger partial charge on any atom is 0.256 e. The van der Waals surface area contributed by atoms with Crippen LogP contribution in [0.2, 0.25) is 0 Å². The smallest absolute Gasteiger partial charge is 0.256 e. The molecule has 1 aromatic carbocycles. The van der Waals surface area contributed by atoms with Crippen molar-refractivity contribution in [2.45, 2.75) is 26.5 Å². The SMILES string of the molecule is Cc1[nH]c(C=C2C(=O)Nc3ccc(F)cc32)c(C)c1C(O)NCCc1ccccn1. The van der Waals surface area contributed by atoms with Crippen molar-refractivity contribution in [2.75, 3.05) is 11.9 Å². The van der Waals surface area contributed by atoms with Crippen LogP contribution in [0.25, 0.3) is 11.6 Å². The average Bonchev–Trinajstić information content (AvgIpc) is 3.18. The number of H-pyrrole nitrogens is 1. The lowest BCUT2D eigenvalue weighted by molar-refractivity contribution is -0.110. The Morgan fingerprint density at radius 1 is 1.27 bits per heavy atom. The number of halogens is 1. The van der Waals surface area contributed by atoms with Gasteiger partial charge in [0.15, 0.2) is 0 Å². The van der Waals surface area contributed by atoms with Crippen molar-refractivity contribution in [1.29, 1.82) is 0 Å². The van der Waals surface area contributed by atoms with E-state index in [0.29, 0.717) is 35.5 Å². The van der Waals surface area contributed by atoms with Crippen LogP contribution < -0.4 is 10.6 Å². The van der Waals surface area contributed by atoms with Crippen molar-refractivity contribution in [1.82, 2.24) is 15.3 Å². The molecule has 0 fully saturated rings. The number of aromatic amines is 1. The van der Waals surface area contributed by atoms with E-state index in [1.54, 1.807) is 18.3 Å². The molecule has 0 saturated heterocycles. The number of anilines is 1. The van der Waals surface area contributed by atoms with Crippen molar-refractivity contribution >= 4 is 23.2 Å². The number of pyridine rings is 1. The lowest BCUT2D eigenvalue weighted by Crippen LogP contribution is -2.24. The van der Waals surface area contributed by atoms with Gasteiger partial charge >= 0.3 is 0 Å². The van der Waals surface area contributed by atoms with Crippen LogP contribution in [0.5, 0.6) is 0 Å². The molecule has 154 valence electrons. The number of benzene rings is 1. The standard InChI is InChI=1S/C23H23FN4O2/c1-13-20(12-18-17-11-15(24)6-7-19(17)28-22(18)29)27-14(2)21(13)23(30)26-10-8-16-5-3-4-9-25-16/h3-7,9,11-12,23,26-27,30H,8,10H2,1-2H3,(H,28,29). The minimum absolute atomic E-state index is 0.280. The van der Waals surface area contributed by atoms with Gasteiger partial charge in [-0.2, -0.15) is 0 Å². The molecule has 1 atom stereocenters. The second-order valence-corrected chi connectivity index (χ2v) is 7.33. The summed E-state index contributed by atoms with van der Waals surface area (Å²) >= 11 is 0. The highest BCUT2D eigenvalue weighted by atomic mass is 19.1. The molecular formula is C23H23FN4O2. The molecule has 1 aliphatic heterocycles. The van der Waals surface area contributed by atoms with Gasteiger partial charge in [0.1, 0.15) is 12.0 Å². The number of carbonyl (C=O) groups excluding carboxylic acids is 1. The number of aromatic nitrogens is 2. The monoisotopic (exact) mass is 406 g/mol. The fourth-order valence-electron chi connectivity index (χ4n) is 3.78. The van der Waals surface area contributed by atoms with E-state index < -0.39 is 12.0 Å². The number of hydrogen-bond acceptors (Lipinski definition) is 4. The predicted octanol–water partition coefficient (Wildman–Crippen LogP) is 3.48. The third-order valence-electron chi connectivity index (χ3n) is 5.31. The van der Waals surface area contributed by atoms with Crippen LogP contribution in [0.4, 0.5) is 10.1 Å². The number of carbonyl (C=O) groups is 1. The highest BCUT2D eigenvalue weighted by Gasteiger charge is 2.26. The normalized spacial score (nSPS) is 15.3. The molecule has 2 aromatic heterocycles. The van der Waals surface area contributed by atoms with Gasteiger partial charge in [0.05, 0.1) is 5.57 Å². The van der Waals surface area contributed by atoms with Crippen LogP contribution in [-0.4, -0.2) is 27.5 Å². The third kappa shape index (κ3) is 3.90. The Hall–Kier alpha value is -3.29. The first-order valence-electron chi connectivity index (χ1n) is 9.77. The minimum atomic E-state index is -0.862. The van der Waals surface area contributed by atoms with Crippen molar-refractivity contribution in [3.8, 4) is 0 Å². The van der Waals surface area contributed by atoms with Crippen molar-refractivity contribution < 1.29 is 14.3 Å². The van der Waals surface area contributed by atoms with Gasteiger partial charge in [0.2, 0.25) is 0 Å². The molecule has 0 radical (unpaired) electrons. The molecule has 0 saturated carbocycles. The quantitative estimate of drug-likeness (QED) is 0.373. The van der Waals surface area contributed by atoms with Gasteiger partial charge in [0, 0.05) is 53.1 Å². The van der Waals surface area contributed by atoms with Gasteiger partial charge in [-0.1, -0.05) is 6.07 Å². The highest BCUT2D eigenvalue weighted by Crippen LogP contribution is 2.35. The summed E-state index contributed by atoms with van der Waals surface area (Å²) in [5.41, 5.74) is 5.52. The average molecular weight is 406 g/mol. The first-order chi connectivity index (χ1) is 14.4. The molecule has 30 heavy (non-hydrogen) atoms. The van der Waals surface area contributed by atoms with Gasteiger partial charge in [-0.05, 0) is 55.8 Å². The summed E-state index contributed by atoms with van der Waals surface area (Å²) in [6.45, 7) is 4.32. The third-order valence-corrected chi connectivity index (χ3v) is 5.31. The molecule has 0 spiro atoms. The fraction of sp³-hybridized carbons (Fsp3) is 0.217. The summed E-state index contributed by atoms with van der Waals surface area (Å²) in [5.74, 6) is -0.679. The molecule has 3 heterocycles. The molecule has 1 unspecified atom stereocenters. The zero-order valence-electron chi connectivity index (χ0n) is 16.8. The number of amides is 1. The zero-order chi connectivity index (χ0) is 21.3. The van der Waals surface area contributed by atoms with E-state index in [-0.39, 0.29) is 5.91 Å². The number of aliphatic hydroxyl groups excluding tert-OH is 1. The molecule has 7 heteroatoms. The lowest BCUT2D eigenvalue weighted by atomic mass is 10.0. The van der Waals surface area contributed by atoms with Crippen LogP contribution in [0.1, 0.15) is 40.0 Å². The summed E-state index contributed by atoms with van der Waals surface area (Å²) < 4.78 is 13.7. The van der Waals surface area contributed by atoms with E-state index in [0.717, 1.165) is 22.5 Å². The van der Waals surface area contributed by atoms with Gasteiger partial charge in [0.25, 0.3) is 5.91 Å². The van der Waals surface area contributed by atoms with Crippen LogP contribution >= 0.6 is 0 Å². The first-order valence-corrected chi connectivity index (χ1v) is 9.77. The van der Waals surface area contributed by atoms with E-state index in [1.165, 1.54) is 12.1 Å². The number of rotatable bonds is 6. The Balaban J connectivity index is 1.55. The van der Waals surface area contributed by atoms with Crippen LogP contribution in [0.3, 0.4) is 0 Å². The Morgan fingerprint density at radius 3 is 2.87 bits per heavy atom. The molecular weight excluding hydrogens is 383 g/mol. The molecule has 1 amide bonds. The summed E-state index contributed by atoms with van der Waals surface area (Å²) in [5, 5.41) is 16.5. The second-order valence-electron chi connectivity index (χ2n) is 7.33.